The number of hydrogen-bond acceptors (Lipinski definition) is 13. The summed E-state index contributed by atoms with van der Waals surface area (Å²) in [5, 5.41) is 58.1. The van der Waals surface area contributed by atoms with E-state index in [-0.39, 0.29) is 46.6 Å². The number of aliphatic hydroxyl groups excluding tert-OH is 2. The zero-order chi connectivity index (χ0) is 29.1. The average Bonchev–Trinajstić information content (AvgIpc) is 2.92. The molecule has 40 heavy (non-hydrogen) atoms. The van der Waals surface area contributed by atoms with Crippen molar-refractivity contribution < 1.29 is 49.3 Å². The van der Waals surface area contributed by atoms with Crippen LogP contribution in [0.25, 0.3) is 0 Å². The van der Waals surface area contributed by atoms with Crippen molar-refractivity contribution in [1.82, 2.24) is 0 Å². The van der Waals surface area contributed by atoms with Crippen molar-refractivity contribution in [3.8, 4) is 17.2 Å². The molecule has 214 valence electrons. The highest BCUT2D eigenvalue weighted by molar-refractivity contribution is 6.31. The second-order valence-electron chi connectivity index (χ2n) is 10.3. The predicted molar refractivity (Wildman–Crippen MR) is 138 cm³/mol. The van der Waals surface area contributed by atoms with Gasteiger partial charge in [0.2, 0.25) is 5.78 Å². The molecule has 5 rings (SSSR count). The summed E-state index contributed by atoms with van der Waals surface area (Å²) < 4.78 is 17.2. The summed E-state index contributed by atoms with van der Waals surface area (Å²) in [6.45, 7) is 0.871. The fourth-order valence-corrected chi connectivity index (χ4v) is 5.92. The lowest BCUT2D eigenvalue weighted by Gasteiger charge is -2.42. The van der Waals surface area contributed by atoms with Crippen LogP contribution in [0.5, 0.6) is 17.2 Å². The predicted octanol–water partition coefficient (Wildman–Crippen LogP) is -0.253. The van der Waals surface area contributed by atoms with Gasteiger partial charge in [-0.25, -0.2) is 0 Å². The lowest BCUT2D eigenvalue weighted by molar-refractivity contribution is -0.245. The zero-order valence-electron chi connectivity index (χ0n) is 21.8. The number of rotatable bonds is 5. The highest BCUT2D eigenvalue weighted by Crippen LogP contribution is 2.52. The molecule has 6 atom stereocenters. The highest BCUT2D eigenvalue weighted by Gasteiger charge is 2.49. The van der Waals surface area contributed by atoms with E-state index in [1.165, 1.54) is 25.3 Å². The maximum absolute atomic E-state index is 13.7. The molecule has 0 spiro atoms. The molecule has 1 fully saturated rings. The van der Waals surface area contributed by atoms with Crippen LogP contribution in [0.3, 0.4) is 0 Å². The standard InChI is InChI=1S/C27H31N3O10/c1-10-22(32)13(28)6-17(39-10)40-15-8-27(37,16(9-31)30-29)7-12-19(15)26(36)21-20(24(12)34)23(33)11-4-3-5-14(38-2)18(11)25(21)35/h3-5,10,13,15,17,22,31-32,34,36-37H,6-9,28-29H2,1-2H3/b30-16-/t10-,13-,15-,17-,22+,27-/m0/s1. The first kappa shape index (κ1) is 28.0. The van der Waals surface area contributed by atoms with Crippen molar-refractivity contribution in [1.29, 1.82) is 0 Å². The Hall–Kier alpha value is -3.59. The number of aromatic hydroxyl groups is 2. The van der Waals surface area contributed by atoms with Crippen molar-refractivity contribution in [2.75, 3.05) is 13.7 Å². The molecular weight excluding hydrogens is 526 g/mol. The Morgan fingerprint density at radius 1 is 1.18 bits per heavy atom. The summed E-state index contributed by atoms with van der Waals surface area (Å²) >= 11 is 0. The second kappa shape index (κ2) is 10.1. The maximum atomic E-state index is 13.7. The van der Waals surface area contributed by atoms with Crippen molar-refractivity contribution in [3.63, 3.8) is 0 Å². The van der Waals surface area contributed by atoms with Gasteiger partial charge in [-0.05, 0) is 13.0 Å². The summed E-state index contributed by atoms with van der Waals surface area (Å²) in [7, 11) is 1.34. The third-order valence-electron chi connectivity index (χ3n) is 7.99. The monoisotopic (exact) mass is 557 g/mol. The van der Waals surface area contributed by atoms with E-state index in [1.54, 1.807) is 6.92 Å². The first-order valence-corrected chi connectivity index (χ1v) is 12.7. The normalized spacial score (nSPS) is 29.9. The van der Waals surface area contributed by atoms with Gasteiger partial charge in [-0.3, -0.25) is 9.59 Å². The molecule has 1 saturated heterocycles. The third kappa shape index (κ3) is 4.13. The molecule has 2 aromatic carbocycles. The van der Waals surface area contributed by atoms with Gasteiger partial charge in [-0.2, -0.15) is 5.10 Å². The number of aliphatic hydroxyl groups is 3. The van der Waals surface area contributed by atoms with Crippen LogP contribution in [-0.4, -0.2) is 86.7 Å². The van der Waals surface area contributed by atoms with E-state index in [9.17, 15) is 35.1 Å². The number of hydrogen-bond donors (Lipinski definition) is 7. The highest BCUT2D eigenvalue weighted by atomic mass is 16.7. The number of fused-ring (bicyclic) bond motifs is 3. The third-order valence-corrected chi connectivity index (χ3v) is 7.99. The number of ether oxygens (including phenoxy) is 3. The Morgan fingerprint density at radius 3 is 2.50 bits per heavy atom. The van der Waals surface area contributed by atoms with Gasteiger partial charge >= 0.3 is 0 Å². The van der Waals surface area contributed by atoms with Crippen molar-refractivity contribution in [3.05, 3.63) is 51.6 Å². The second-order valence-corrected chi connectivity index (χ2v) is 10.3. The van der Waals surface area contributed by atoms with Crippen LogP contribution in [0.4, 0.5) is 0 Å². The van der Waals surface area contributed by atoms with Crippen LogP contribution in [0.2, 0.25) is 0 Å². The smallest absolute Gasteiger partial charge is 0.202 e. The number of carbonyl (C=O) groups excluding carboxylic acids is 2. The van der Waals surface area contributed by atoms with Crippen molar-refractivity contribution >= 4 is 17.3 Å². The van der Waals surface area contributed by atoms with Gasteiger partial charge in [0.1, 0.15) is 22.8 Å². The Bertz CT molecular complexity index is 1410. The number of phenolic OH excluding ortho intramolecular Hbond substituents is 2. The minimum absolute atomic E-state index is 0.0259. The number of carbonyl (C=O) groups is 2. The van der Waals surface area contributed by atoms with Gasteiger partial charge < -0.3 is 51.3 Å². The fourth-order valence-electron chi connectivity index (χ4n) is 5.92. The number of hydrazone groups is 1. The zero-order valence-corrected chi connectivity index (χ0v) is 21.8. The molecule has 13 nitrogen and oxygen atoms in total. The Kier molecular flexibility index (Phi) is 7.06. The van der Waals surface area contributed by atoms with Crippen LogP contribution >= 0.6 is 0 Å². The average molecular weight is 558 g/mol. The SMILES string of the molecule is COc1cccc2c1C(=O)c1c(O)c3c(c(O)c1C2=O)C[C@@](O)(/C(CO)=N\N)C[C@@H]3O[C@H]1C[C@H](N)[C@H](O)[C@H](C)O1. The van der Waals surface area contributed by atoms with Crippen molar-refractivity contribution in [2.24, 2.45) is 16.7 Å². The van der Waals surface area contributed by atoms with Gasteiger partial charge in [0, 0.05) is 42.0 Å². The number of nitrogens with zero attached hydrogens (tertiary/aromatic N) is 1. The fraction of sp³-hybridized carbons (Fsp3) is 0.444. The molecule has 0 saturated carbocycles. The summed E-state index contributed by atoms with van der Waals surface area (Å²) in [6, 6.07) is 3.72. The van der Waals surface area contributed by atoms with E-state index in [0.717, 1.165) is 0 Å². The van der Waals surface area contributed by atoms with Crippen LogP contribution in [-0.2, 0) is 15.9 Å². The van der Waals surface area contributed by atoms with E-state index >= 15 is 0 Å². The molecule has 0 aromatic heterocycles. The van der Waals surface area contributed by atoms with Crippen LogP contribution in [0, 0.1) is 0 Å². The lowest BCUT2D eigenvalue weighted by Crippen LogP contribution is -2.53. The lowest BCUT2D eigenvalue weighted by atomic mass is 9.71. The van der Waals surface area contributed by atoms with Gasteiger partial charge in [0.25, 0.3) is 0 Å². The molecule has 3 aliphatic rings. The largest absolute Gasteiger partial charge is 0.507 e. The molecule has 0 unspecified atom stereocenters. The van der Waals surface area contributed by atoms with Crippen LogP contribution < -0.4 is 16.3 Å². The molecule has 2 aromatic rings. The Labute approximate surface area is 228 Å². The van der Waals surface area contributed by atoms with E-state index in [1.807, 2.05) is 0 Å². The molecule has 9 N–H and O–H groups in total. The van der Waals surface area contributed by atoms with Crippen LogP contribution in [0.15, 0.2) is 23.3 Å². The Morgan fingerprint density at radius 2 is 1.88 bits per heavy atom. The minimum atomic E-state index is -1.97. The number of ketones is 2. The van der Waals surface area contributed by atoms with E-state index in [0.29, 0.717) is 0 Å². The van der Waals surface area contributed by atoms with E-state index in [2.05, 4.69) is 5.10 Å². The number of methoxy groups -OCH3 is 1. The van der Waals surface area contributed by atoms with Crippen LogP contribution in [0.1, 0.15) is 68.8 Å². The van der Waals surface area contributed by atoms with Gasteiger partial charge in [-0.1, -0.05) is 12.1 Å². The summed E-state index contributed by atoms with van der Waals surface area (Å²) in [6.07, 6.45) is -4.62. The number of benzene rings is 2. The van der Waals surface area contributed by atoms with E-state index < -0.39 is 83.5 Å². The Balaban J connectivity index is 1.70. The van der Waals surface area contributed by atoms with Gasteiger partial charge in [0.15, 0.2) is 12.1 Å². The molecule has 0 amide bonds. The molecule has 1 heterocycles. The molecule has 13 heteroatoms. The number of nitrogens with two attached hydrogens (primary N) is 2. The van der Waals surface area contributed by atoms with E-state index in [4.69, 9.17) is 25.8 Å². The quantitative estimate of drug-likeness (QED) is 0.0932. The van der Waals surface area contributed by atoms with Gasteiger partial charge in [-0.15, -0.1) is 0 Å². The minimum Gasteiger partial charge on any atom is -0.507 e. The first-order valence-electron chi connectivity index (χ1n) is 12.7. The number of phenols is 2. The summed E-state index contributed by atoms with van der Waals surface area (Å²) in [5.74, 6) is 2.82. The molecule has 2 aliphatic carbocycles. The topological polar surface area (TPSA) is 227 Å². The maximum Gasteiger partial charge on any atom is 0.202 e. The summed E-state index contributed by atoms with van der Waals surface area (Å²) in [4.78, 5) is 27.3. The molecule has 0 radical (unpaired) electrons. The molecule has 0 bridgehead atoms. The van der Waals surface area contributed by atoms with Crippen molar-refractivity contribution in [2.45, 2.75) is 62.4 Å². The van der Waals surface area contributed by atoms with Gasteiger partial charge in [0.05, 0.1) is 54.4 Å². The summed E-state index contributed by atoms with van der Waals surface area (Å²) in [5.41, 5.74) is 2.74. The molecule has 1 aliphatic heterocycles. The first-order chi connectivity index (χ1) is 19.0. The molecular formula is C27H31N3O10.